The third-order valence-corrected chi connectivity index (χ3v) is 14.4. The maximum Gasteiger partial charge on any atom is 0.407 e. The summed E-state index contributed by atoms with van der Waals surface area (Å²) in [5.74, 6) is 0.251. The molecule has 30 heteroatoms. The van der Waals surface area contributed by atoms with E-state index in [-0.39, 0.29) is 10.2 Å². The Morgan fingerprint density at radius 3 is 1.95 bits per heavy atom. The van der Waals surface area contributed by atoms with E-state index in [1.807, 2.05) is 16.1 Å². The van der Waals surface area contributed by atoms with Crippen molar-refractivity contribution in [2.24, 2.45) is 10.8 Å². The number of alkyl carbamates (subject to hydrolysis) is 2. The van der Waals surface area contributed by atoms with Gasteiger partial charge in [0.1, 0.15) is 28.8 Å². The molecule has 5 heterocycles. The number of fused-ring (bicyclic) bond motifs is 2. The summed E-state index contributed by atoms with van der Waals surface area (Å²) in [5, 5.41) is 25.2. The third-order valence-electron chi connectivity index (χ3n) is 14.4. The summed E-state index contributed by atoms with van der Waals surface area (Å²) in [5.41, 5.74) is -4.94. The number of hydrazine groups is 1. The van der Waals surface area contributed by atoms with Crippen molar-refractivity contribution >= 4 is 29.9 Å². The van der Waals surface area contributed by atoms with E-state index in [2.05, 4.69) is 52.0 Å². The zero-order valence-electron chi connectivity index (χ0n) is 44.3. The molecule has 4 amide bonds. The number of aromatic nitrogens is 5. The predicted octanol–water partition coefficient (Wildman–Crippen LogP) is 5.41. The van der Waals surface area contributed by atoms with E-state index in [9.17, 15) is 59.4 Å². The average molecular weight is 1160 g/mol. The van der Waals surface area contributed by atoms with Crippen molar-refractivity contribution in [2.45, 2.75) is 115 Å². The first kappa shape index (κ1) is 61.3. The molecule has 2 bridgehead atoms. The second kappa shape index (κ2) is 24.8. The van der Waals surface area contributed by atoms with Crippen molar-refractivity contribution < 1.29 is 82.4 Å². The Morgan fingerprint density at radius 2 is 1.43 bits per heavy atom. The molecule has 0 spiro atoms. The third kappa shape index (κ3) is 14.2. The molecule has 7 rings (SSSR count). The molecule has 20 nitrogen and oxygen atoms in total. The van der Waals surface area contributed by atoms with Crippen LogP contribution in [0.4, 0.5) is 59.4 Å². The minimum atomic E-state index is -5.27. The summed E-state index contributed by atoms with van der Waals surface area (Å²) in [7, 11) is 1.78. The maximum atomic E-state index is 16.0. The molecular weight excluding hydrogens is 1100 g/mol. The van der Waals surface area contributed by atoms with Crippen molar-refractivity contribution in [3.05, 3.63) is 88.9 Å². The Labute approximate surface area is 457 Å². The van der Waals surface area contributed by atoms with Crippen LogP contribution < -0.4 is 26.3 Å². The van der Waals surface area contributed by atoms with Crippen molar-refractivity contribution in [1.82, 2.24) is 56.2 Å². The molecule has 3 aliphatic rings. The van der Waals surface area contributed by atoms with Gasteiger partial charge in [-0.1, -0.05) is 29.2 Å². The van der Waals surface area contributed by atoms with Gasteiger partial charge in [0.25, 0.3) is 5.91 Å². The van der Waals surface area contributed by atoms with Gasteiger partial charge in [-0.15, -0.1) is 5.10 Å². The summed E-state index contributed by atoms with van der Waals surface area (Å²) in [6.45, 7) is -0.351. The number of hydrogen-bond acceptors (Lipinski definition) is 15. The lowest BCUT2D eigenvalue weighted by molar-refractivity contribution is -0.239. The van der Waals surface area contributed by atoms with Gasteiger partial charge in [-0.05, 0) is 76.8 Å². The molecule has 5 N–H and O–H groups in total. The summed E-state index contributed by atoms with van der Waals surface area (Å²) < 4.78 is 161. The highest BCUT2D eigenvalue weighted by molar-refractivity contribution is 5.87. The Morgan fingerprint density at radius 1 is 0.840 bits per heavy atom. The second-order valence-electron chi connectivity index (χ2n) is 20.7. The molecule has 0 unspecified atom stereocenters. The first-order chi connectivity index (χ1) is 38.0. The fraction of sp³-hybridized carbons (Fsp3) is 0.529. The van der Waals surface area contributed by atoms with Crippen molar-refractivity contribution in [2.75, 3.05) is 51.9 Å². The number of amides is 4. The van der Waals surface area contributed by atoms with Gasteiger partial charge in [0.2, 0.25) is 11.9 Å². The van der Waals surface area contributed by atoms with Crippen LogP contribution >= 0.6 is 0 Å². The lowest BCUT2D eigenvalue weighted by Gasteiger charge is -2.47. The van der Waals surface area contributed by atoms with Gasteiger partial charge >= 0.3 is 31.1 Å². The number of aliphatic hydroxyl groups excluding tert-OH is 1. The zero-order valence-corrected chi connectivity index (χ0v) is 44.3. The predicted molar refractivity (Wildman–Crippen MR) is 265 cm³/mol. The highest BCUT2D eigenvalue weighted by atomic mass is 19.4. The maximum absolute atomic E-state index is 16.0. The fourth-order valence-electron chi connectivity index (χ4n) is 9.38. The van der Waals surface area contributed by atoms with E-state index >= 15 is 8.78 Å². The van der Waals surface area contributed by atoms with Crippen LogP contribution in [-0.4, -0.2) is 166 Å². The number of piperazine rings is 1. The number of ether oxygens (including phenoxy) is 3. The van der Waals surface area contributed by atoms with E-state index in [4.69, 9.17) is 9.47 Å². The molecule has 440 valence electrons. The van der Waals surface area contributed by atoms with Crippen LogP contribution in [0.2, 0.25) is 0 Å². The number of methoxy groups -OCH3 is 1. The largest absolute Gasteiger partial charge is 0.453 e. The summed E-state index contributed by atoms with van der Waals surface area (Å²) in [6.07, 6.45) is -12.9. The molecule has 3 aliphatic heterocycles. The minimum absolute atomic E-state index is 0.0841. The smallest absolute Gasteiger partial charge is 0.407 e. The highest BCUT2D eigenvalue weighted by Crippen LogP contribution is 2.43. The van der Waals surface area contributed by atoms with E-state index in [0.717, 1.165) is 53.3 Å². The quantitative estimate of drug-likeness (QED) is 0.0449. The van der Waals surface area contributed by atoms with Gasteiger partial charge in [-0.2, -0.15) is 39.8 Å². The van der Waals surface area contributed by atoms with Crippen LogP contribution in [0.1, 0.15) is 69.3 Å². The van der Waals surface area contributed by atoms with E-state index in [1.165, 1.54) is 24.3 Å². The molecule has 2 aromatic carbocycles. The fourth-order valence-corrected chi connectivity index (χ4v) is 9.38. The number of rotatable bonds is 19. The normalized spacial score (nSPS) is 18.5. The molecule has 0 radical (unpaired) electrons. The van der Waals surface area contributed by atoms with Gasteiger partial charge in [-0.3, -0.25) is 19.9 Å². The van der Waals surface area contributed by atoms with Gasteiger partial charge in [-0.25, -0.2) is 33.3 Å². The van der Waals surface area contributed by atoms with Crippen LogP contribution in [-0.2, 0) is 36.8 Å². The van der Waals surface area contributed by atoms with Crippen LogP contribution in [0.25, 0.3) is 11.3 Å². The number of benzene rings is 2. The van der Waals surface area contributed by atoms with Crippen LogP contribution in [0.5, 0.6) is 0 Å². The van der Waals surface area contributed by atoms with E-state index in [1.54, 1.807) is 12.4 Å². The molecule has 2 aromatic heterocycles. The molecule has 0 saturated carbocycles. The number of alkyl halides is 8. The van der Waals surface area contributed by atoms with Crippen LogP contribution in [0.15, 0.2) is 55.0 Å². The molecule has 4 aromatic rings. The Hall–Kier alpha value is -7.36. The topological polar surface area (TPSA) is 231 Å². The standard InChI is InChI=1S/C51H58F10N12O8/c1-48(2,50(56,57)58)40(66-47(78)79-6)42(75)65-37(15-28-10-7-27(8-11-28)9-12-29-18-63-45(64-19-29)70-20-31-13-14-32(21-70)73(31)33-25-80-26-33)39(74)24-71(68-43(76)41(81-46(77)62-5)49(3,4)51(59,60)61)22-34-35(52)16-30(17-36(34)53)38-23-72(44(54)55)69-67-38/h7-8,10-11,16-19,23,31-33,37,39-41,44,74H,13-15,20-22,24-26H2,1-6H3,(H,62,77)(H,65,75)(H,66,78)(H,68,76)/t31-,32-,37-,39-,40+,41+/m0/s1. The molecule has 6 atom stereocenters. The molecule has 81 heavy (non-hydrogen) atoms. The highest BCUT2D eigenvalue weighted by Gasteiger charge is 2.58. The zero-order chi connectivity index (χ0) is 59.4. The van der Waals surface area contributed by atoms with E-state index < -0.39 is 126 Å². The average Bonchev–Trinajstić information content (AvgIpc) is 4.21. The first-order valence-electron chi connectivity index (χ1n) is 25.1. The summed E-state index contributed by atoms with van der Waals surface area (Å²) in [4.78, 5) is 66.6. The summed E-state index contributed by atoms with van der Waals surface area (Å²) in [6, 6.07) is 4.11. The molecule has 3 saturated heterocycles. The number of carbonyl (C=O) groups is 4. The second-order valence-corrected chi connectivity index (χ2v) is 20.7. The summed E-state index contributed by atoms with van der Waals surface area (Å²) >= 11 is 0. The lowest BCUT2D eigenvalue weighted by Crippen LogP contribution is -2.62. The van der Waals surface area contributed by atoms with Gasteiger partial charge in [0.05, 0.1) is 55.7 Å². The Bertz CT molecular complexity index is 2910. The monoisotopic (exact) mass is 1160 g/mol. The van der Waals surface area contributed by atoms with Gasteiger partial charge in [0.15, 0.2) is 6.10 Å². The molecule has 0 aliphatic carbocycles. The molecule has 3 fully saturated rings. The number of nitrogens with one attached hydrogen (secondary N) is 4. The van der Waals surface area contributed by atoms with Crippen molar-refractivity contribution in [3.63, 3.8) is 0 Å². The SMILES string of the molecule is CNC(=O)O[C@H](C(=O)NN(Cc1c(F)cc(-c2cn(C(F)F)nn2)cc1F)C[C@H](O)[C@H](Cc1ccc(C#Cc2cnc(N3C[C@@H]4CC[C@@H](C3)N4C3COC3)nc2)cc1)NC(=O)[C@@H](NC(=O)OC)C(C)(C)C(F)(F)F)C(C)(C)C(F)(F)F. The number of anilines is 1. The van der Waals surface area contributed by atoms with Crippen LogP contribution in [0.3, 0.4) is 0 Å². The lowest BCUT2D eigenvalue weighted by atomic mass is 9.82. The van der Waals surface area contributed by atoms with Crippen molar-refractivity contribution in [1.29, 1.82) is 0 Å². The Balaban J connectivity index is 1.18. The van der Waals surface area contributed by atoms with E-state index in [0.29, 0.717) is 86.2 Å². The van der Waals surface area contributed by atoms with Crippen LogP contribution in [0, 0.1) is 34.3 Å². The van der Waals surface area contributed by atoms with Gasteiger partial charge < -0.3 is 40.2 Å². The number of aliphatic hydroxyl groups is 1. The first-order valence-corrected chi connectivity index (χ1v) is 25.1. The number of carbonyl (C=O) groups excluding carboxylic acids is 4. The number of halogens is 10. The number of hydrogen-bond donors (Lipinski definition) is 5. The minimum Gasteiger partial charge on any atom is -0.453 e. The van der Waals surface area contributed by atoms with Crippen molar-refractivity contribution in [3.8, 4) is 23.1 Å². The Kier molecular flexibility index (Phi) is 18.7. The number of nitrogens with zero attached hydrogens (tertiary/aromatic N) is 8. The van der Waals surface area contributed by atoms with Gasteiger partial charge in [0, 0.05) is 74.4 Å². The molecular formula is C51H58F10N12O8.